The number of nitrogens with zero attached hydrogens (tertiary/aromatic N) is 3. The number of carbonyl (C=O) groups is 1. The maximum Gasteiger partial charge on any atom is 0.226 e. The number of aromatic nitrogens is 2. The van der Waals surface area contributed by atoms with E-state index in [1.807, 2.05) is 81.6 Å². The maximum atomic E-state index is 12.3. The minimum absolute atomic E-state index is 0.0194. The fourth-order valence-corrected chi connectivity index (χ4v) is 4.98. The zero-order valence-electron chi connectivity index (χ0n) is 20.9. The second-order valence-corrected chi connectivity index (χ2v) is 9.85. The first-order valence-corrected chi connectivity index (χ1v) is 12.6. The van der Waals surface area contributed by atoms with Gasteiger partial charge in [0.05, 0.1) is 11.7 Å². The first kappa shape index (κ1) is 24.5. The molecule has 1 aliphatic rings. The number of aromatic hydroxyl groups is 1. The van der Waals surface area contributed by atoms with E-state index in [9.17, 15) is 9.90 Å². The van der Waals surface area contributed by atoms with Crippen LogP contribution in [0.25, 0.3) is 5.69 Å². The fourth-order valence-electron chi connectivity index (χ4n) is 4.63. The van der Waals surface area contributed by atoms with Crippen molar-refractivity contribution in [2.24, 2.45) is 5.92 Å². The molecule has 4 aromatic rings. The van der Waals surface area contributed by atoms with E-state index < -0.39 is 0 Å². The molecule has 2 unspecified atom stereocenters. The highest BCUT2D eigenvalue weighted by atomic mass is 32.1. The lowest BCUT2D eigenvalue weighted by atomic mass is 10.00. The Kier molecular flexibility index (Phi) is 6.67. The van der Waals surface area contributed by atoms with Crippen LogP contribution in [0.1, 0.15) is 42.9 Å². The third kappa shape index (κ3) is 4.80. The summed E-state index contributed by atoms with van der Waals surface area (Å²) in [5.74, 6) is 0.0916. The monoisotopic (exact) mass is 511 g/mol. The smallest absolute Gasteiger partial charge is 0.226 e. The Bertz CT molecular complexity index is 1430. The zero-order valence-corrected chi connectivity index (χ0v) is 21.7. The molecule has 2 atom stereocenters. The Labute approximate surface area is 221 Å². The van der Waals surface area contributed by atoms with Crippen molar-refractivity contribution in [2.75, 3.05) is 10.2 Å². The molecule has 8 heteroatoms. The summed E-state index contributed by atoms with van der Waals surface area (Å²) in [5.41, 5.74) is 5.48. The van der Waals surface area contributed by atoms with Crippen LogP contribution in [0.3, 0.4) is 0 Å². The molecule has 1 saturated heterocycles. The van der Waals surface area contributed by atoms with Gasteiger partial charge in [-0.15, -0.1) is 0 Å². The average Bonchev–Trinajstić information content (AvgIpc) is 3.50. The van der Waals surface area contributed by atoms with E-state index in [0.717, 1.165) is 34.0 Å². The van der Waals surface area contributed by atoms with Crippen molar-refractivity contribution in [1.82, 2.24) is 14.9 Å². The van der Waals surface area contributed by atoms with E-state index in [0.29, 0.717) is 5.11 Å². The summed E-state index contributed by atoms with van der Waals surface area (Å²) in [4.78, 5) is 19.0. The lowest BCUT2D eigenvalue weighted by molar-refractivity contribution is -0.118. The normalized spacial score (nSPS) is 17.2. The Morgan fingerprint density at radius 2 is 1.81 bits per heavy atom. The van der Waals surface area contributed by atoms with E-state index in [1.165, 1.54) is 0 Å². The van der Waals surface area contributed by atoms with Gasteiger partial charge < -0.3 is 25.2 Å². The third-order valence-electron chi connectivity index (χ3n) is 6.58. The summed E-state index contributed by atoms with van der Waals surface area (Å²) in [6, 6.07) is 22.7. The molecule has 1 amide bonds. The number of benzene rings is 2. The van der Waals surface area contributed by atoms with Crippen molar-refractivity contribution in [2.45, 2.75) is 32.9 Å². The average molecular weight is 512 g/mol. The number of nitrogens with one attached hydrogen (secondary N) is 2. The highest BCUT2D eigenvalue weighted by Crippen LogP contribution is 2.43. The summed E-state index contributed by atoms with van der Waals surface area (Å²) >= 11 is 5.88. The molecule has 2 aromatic carbocycles. The number of hydrogen-bond donors (Lipinski definition) is 3. The largest absolute Gasteiger partial charge is 0.508 e. The van der Waals surface area contributed by atoms with Crippen LogP contribution in [0.15, 0.2) is 85.2 Å². The van der Waals surface area contributed by atoms with Crippen molar-refractivity contribution >= 4 is 34.6 Å². The minimum Gasteiger partial charge on any atom is -0.508 e. The van der Waals surface area contributed by atoms with Crippen LogP contribution in [0.2, 0.25) is 0 Å². The Morgan fingerprint density at radius 3 is 2.49 bits per heavy atom. The molecule has 3 N–H and O–H groups in total. The van der Waals surface area contributed by atoms with Gasteiger partial charge in [-0.25, -0.2) is 0 Å². The first-order chi connectivity index (χ1) is 17.8. The van der Waals surface area contributed by atoms with Crippen molar-refractivity contribution in [1.29, 1.82) is 0 Å². The minimum atomic E-state index is -0.207. The van der Waals surface area contributed by atoms with Gasteiger partial charge in [0.2, 0.25) is 5.91 Å². The van der Waals surface area contributed by atoms with Crippen LogP contribution < -0.4 is 15.5 Å². The maximum absolute atomic E-state index is 12.3. The Hall–Kier alpha value is -4.17. The lowest BCUT2D eigenvalue weighted by Gasteiger charge is -2.29. The van der Waals surface area contributed by atoms with Gasteiger partial charge in [-0.05, 0) is 91.4 Å². The number of thiocarbonyl (C=S) groups is 1. The predicted octanol–water partition coefficient (Wildman–Crippen LogP) is 5.66. The van der Waals surface area contributed by atoms with Crippen LogP contribution in [-0.4, -0.2) is 25.7 Å². The molecule has 1 aliphatic heterocycles. The molecule has 188 valence electrons. The molecular formula is C29H29N5O2S. The highest BCUT2D eigenvalue weighted by molar-refractivity contribution is 7.80. The quantitative estimate of drug-likeness (QED) is 0.290. The van der Waals surface area contributed by atoms with Crippen molar-refractivity contribution in [3.63, 3.8) is 0 Å². The van der Waals surface area contributed by atoms with Gasteiger partial charge in [-0.3, -0.25) is 9.78 Å². The number of anilines is 2. The first-order valence-electron chi connectivity index (χ1n) is 12.2. The number of aryl methyl sites for hydroxylation is 1. The molecule has 7 nitrogen and oxygen atoms in total. The van der Waals surface area contributed by atoms with Crippen LogP contribution in [0, 0.1) is 12.8 Å². The van der Waals surface area contributed by atoms with Gasteiger partial charge in [-0.2, -0.15) is 0 Å². The number of pyridine rings is 1. The van der Waals surface area contributed by atoms with Crippen LogP contribution in [-0.2, 0) is 4.79 Å². The van der Waals surface area contributed by atoms with Gasteiger partial charge in [-0.1, -0.05) is 19.9 Å². The van der Waals surface area contributed by atoms with Gasteiger partial charge in [0, 0.05) is 41.1 Å². The second kappa shape index (κ2) is 10.1. The van der Waals surface area contributed by atoms with Crippen LogP contribution in [0.5, 0.6) is 5.75 Å². The van der Waals surface area contributed by atoms with E-state index in [4.69, 9.17) is 12.2 Å². The molecule has 0 radical (unpaired) electrons. The van der Waals surface area contributed by atoms with Gasteiger partial charge in [0.1, 0.15) is 11.8 Å². The Morgan fingerprint density at radius 1 is 1.05 bits per heavy atom. The number of rotatable bonds is 6. The van der Waals surface area contributed by atoms with Crippen LogP contribution in [0.4, 0.5) is 11.4 Å². The van der Waals surface area contributed by atoms with Crippen molar-refractivity contribution in [3.8, 4) is 11.4 Å². The summed E-state index contributed by atoms with van der Waals surface area (Å²) < 4.78 is 2.10. The summed E-state index contributed by atoms with van der Waals surface area (Å²) in [6.45, 7) is 5.73. The molecular weight excluding hydrogens is 482 g/mol. The summed E-state index contributed by atoms with van der Waals surface area (Å²) in [5, 5.41) is 16.9. The SMILES string of the molecule is Cc1cc(N2C(=S)NC(c3ccccn3)C2c2cccn2-c2ccc(O)cc2)ccc1NC(=O)C(C)C. The topological polar surface area (TPSA) is 82.4 Å². The fraction of sp³-hybridized carbons (Fsp3) is 0.207. The highest BCUT2D eigenvalue weighted by Gasteiger charge is 2.42. The van der Waals surface area contributed by atoms with Crippen LogP contribution >= 0.6 is 12.2 Å². The molecule has 2 aromatic heterocycles. The van der Waals surface area contributed by atoms with Gasteiger partial charge in [0.15, 0.2) is 5.11 Å². The standard InChI is InChI=1S/C29H29N5O2S/c1-18(2)28(36)31-23-14-11-21(17-19(23)3)34-27(26(32-29(34)37)24-7-4-5-15-30-24)25-8-6-16-33(25)20-9-12-22(35)13-10-20/h4-18,26-27,35H,1-3H3,(H,31,36)(H,32,37). The number of amides is 1. The van der Waals surface area contributed by atoms with Crippen molar-refractivity contribution < 1.29 is 9.90 Å². The zero-order chi connectivity index (χ0) is 26.1. The van der Waals surface area contributed by atoms with Crippen molar-refractivity contribution in [3.05, 3.63) is 102 Å². The predicted molar refractivity (Wildman–Crippen MR) is 150 cm³/mol. The molecule has 0 bridgehead atoms. The molecule has 0 saturated carbocycles. The Balaban J connectivity index is 1.59. The van der Waals surface area contributed by atoms with E-state index in [2.05, 4.69) is 31.2 Å². The number of carbonyl (C=O) groups excluding carboxylic acids is 1. The molecule has 0 spiro atoms. The van der Waals surface area contributed by atoms with E-state index in [1.54, 1.807) is 18.3 Å². The molecule has 1 fully saturated rings. The van der Waals surface area contributed by atoms with E-state index >= 15 is 0 Å². The number of hydrogen-bond acceptors (Lipinski definition) is 4. The molecule has 5 rings (SSSR count). The van der Waals surface area contributed by atoms with Gasteiger partial charge in [0.25, 0.3) is 0 Å². The number of phenolic OH excluding ortho intramolecular Hbond substituents is 1. The number of phenols is 1. The summed E-state index contributed by atoms with van der Waals surface area (Å²) in [6.07, 6.45) is 3.79. The second-order valence-electron chi connectivity index (χ2n) is 9.46. The van der Waals surface area contributed by atoms with Gasteiger partial charge >= 0.3 is 0 Å². The molecule has 0 aliphatic carbocycles. The molecule has 3 heterocycles. The third-order valence-corrected chi connectivity index (χ3v) is 6.89. The van der Waals surface area contributed by atoms with E-state index in [-0.39, 0.29) is 29.7 Å². The summed E-state index contributed by atoms with van der Waals surface area (Å²) in [7, 11) is 0. The molecule has 37 heavy (non-hydrogen) atoms. The lowest BCUT2D eigenvalue weighted by Crippen LogP contribution is -2.30.